The number of benzene rings is 2. The molecular weight excluding hydrogens is 347 g/mol. The Labute approximate surface area is 146 Å². The third-order valence-electron chi connectivity index (χ3n) is 3.62. The number of carbonyl (C=O) groups excluding carboxylic acids is 2. The Morgan fingerprint density at radius 2 is 1.73 bits per heavy atom. The number of hydrogen-bond acceptors (Lipinski definition) is 3. The maximum Gasteiger partial charge on any atom is 0.416 e. The highest BCUT2D eigenvalue weighted by Crippen LogP contribution is 2.30. The van der Waals surface area contributed by atoms with Gasteiger partial charge in [0.1, 0.15) is 5.76 Å². The first kappa shape index (κ1) is 17.5. The Bertz CT molecular complexity index is 943. The van der Waals surface area contributed by atoms with Crippen LogP contribution in [-0.2, 0) is 6.18 Å². The zero-order valence-electron chi connectivity index (χ0n) is 13.2. The van der Waals surface area contributed by atoms with Crippen LogP contribution in [0.2, 0.25) is 0 Å². The number of anilines is 1. The molecule has 0 aliphatic rings. The molecule has 0 bridgehead atoms. The second kappa shape index (κ2) is 6.87. The van der Waals surface area contributed by atoms with E-state index in [-0.39, 0.29) is 17.0 Å². The van der Waals surface area contributed by atoms with Gasteiger partial charge in [0.25, 0.3) is 5.91 Å². The van der Waals surface area contributed by atoms with Crippen molar-refractivity contribution in [3.05, 3.63) is 77.6 Å². The maximum atomic E-state index is 12.7. The fourth-order valence-electron chi connectivity index (χ4n) is 2.33. The summed E-state index contributed by atoms with van der Waals surface area (Å²) in [5, 5.41) is 2.43. The highest BCUT2D eigenvalue weighted by molar-refractivity contribution is 6.04. The van der Waals surface area contributed by atoms with Crippen LogP contribution in [-0.4, -0.2) is 12.2 Å². The number of nitrogens with one attached hydrogen (secondary N) is 1. The lowest BCUT2D eigenvalue weighted by Gasteiger charge is -2.10. The van der Waals surface area contributed by atoms with E-state index in [1.807, 2.05) is 0 Å². The van der Waals surface area contributed by atoms with E-state index in [1.165, 1.54) is 30.3 Å². The van der Waals surface area contributed by atoms with Gasteiger partial charge in [-0.2, -0.15) is 13.2 Å². The molecule has 132 valence electrons. The largest absolute Gasteiger partial charge is 0.453 e. The summed E-state index contributed by atoms with van der Waals surface area (Å²) in [6, 6.07) is 13.8. The average molecular weight is 359 g/mol. The van der Waals surface area contributed by atoms with Gasteiger partial charge in [0.15, 0.2) is 12.0 Å². The van der Waals surface area contributed by atoms with Crippen LogP contribution in [0.5, 0.6) is 0 Å². The van der Waals surface area contributed by atoms with E-state index in [2.05, 4.69) is 5.32 Å². The molecule has 7 heteroatoms. The molecule has 0 unspecified atom stereocenters. The molecule has 3 rings (SSSR count). The average Bonchev–Trinajstić information content (AvgIpc) is 3.10. The molecule has 0 aliphatic carbocycles. The van der Waals surface area contributed by atoms with Gasteiger partial charge in [0, 0.05) is 16.8 Å². The number of hydrogen-bond donors (Lipinski definition) is 1. The minimum Gasteiger partial charge on any atom is -0.453 e. The van der Waals surface area contributed by atoms with Gasteiger partial charge in [-0.3, -0.25) is 9.59 Å². The smallest absolute Gasteiger partial charge is 0.416 e. The third-order valence-corrected chi connectivity index (χ3v) is 3.62. The van der Waals surface area contributed by atoms with Gasteiger partial charge in [-0.25, -0.2) is 0 Å². The van der Waals surface area contributed by atoms with Crippen LogP contribution in [0.25, 0.3) is 11.3 Å². The number of halogens is 3. The van der Waals surface area contributed by atoms with E-state index >= 15 is 0 Å². The topological polar surface area (TPSA) is 59.3 Å². The summed E-state index contributed by atoms with van der Waals surface area (Å²) in [4.78, 5) is 22.8. The van der Waals surface area contributed by atoms with Crippen LogP contribution in [0, 0.1) is 0 Å². The van der Waals surface area contributed by atoms with Gasteiger partial charge < -0.3 is 9.73 Å². The lowest BCUT2D eigenvalue weighted by molar-refractivity contribution is -0.137. The predicted molar refractivity (Wildman–Crippen MR) is 88.9 cm³/mol. The summed E-state index contributed by atoms with van der Waals surface area (Å²) < 4.78 is 43.4. The first-order chi connectivity index (χ1) is 12.4. The molecule has 1 heterocycles. The van der Waals surface area contributed by atoms with Crippen LogP contribution in [0.15, 0.2) is 65.1 Å². The van der Waals surface area contributed by atoms with Gasteiger partial charge in [-0.05, 0) is 42.5 Å². The Hall–Kier alpha value is -3.35. The Kier molecular flexibility index (Phi) is 4.62. The minimum atomic E-state index is -4.48. The molecule has 26 heavy (non-hydrogen) atoms. The molecule has 1 aromatic heterocycles. The van der Waals surface area contributed by atoms with E-state index in [0.717, 1.165) is 12.1 Å². The van der Waals surface area contributed by atoms with Crippen molar-refractivity contribution in [1.82, 2.24) is 0 Å². The van der Waals surface area contributed by atoms with Crippen molar-refractivity contribution in [2.24, 2.45) is 0 Å². The zero-order valence-corrected chi connectivity index (χ0v) is 13.2. The maximum absolute atomic E-state index is 12.7. The second-order valence-electron chi connectivity index (χ2n) is 5.43. The van der Waals surface area contributed by atoms with Crippen molar-refractivity contribution in [3.63, 3.8) is 0 Å². The minimum absolute atomic E-state index is 0.0514. The van der Waals surface area contributed by atoms with Crippen LogP contribution in [0.1, 0.15) is 26.5 Å². The van der Waals surface area contributed by atoms with Crippen molar-refractivity contribution in [2.75, 3.05) is 5.32 Å². The number of rotatable bonds is 4. The first-order valence-electron chi connectivity index (χ1n) is 7.51. The fraction of sp³-hybridized carbons (Fsp3) is 0.0526. The summed E-state index contributed by atoms with van der Waals surface area (Å²) in [6.45, 7) is 0. The van der Waals surface area contributed by atoms with Gasteiger partial charge in [-0.1, -0.05) is 18.2 Å². The molecule has 0 radical (unpaired) electrons. The van der Waals surface area contributed by atoms with Gasteiger partial charge in [0.05, 0.1) is 5.56 Å². The molecule has 1 amide bonds. The molecule has 1 N–H and O–H groups in total. The number of furan rings is 1. The van der Waals surface area contributed by atoms with Crippen LogP contribution in [0.3, 0.4) is 0 Å². The third kappa shape index (κ3) is 3.83. The number of aldehydes is 1. The summed E-state index contributed by atoms with van der Waals surface area (Å²) in [5.41, 5.74) is 0.145. The summed E-state index contributed by atoms with van der Waals surface area (Å²) in [5.74, 6) is 0.118. The van der Waals surface area contributed by atoms with E-state index in [0.29, 0.717) is 17.6 Å². The van der Waals surface area contributed by atoms with Crippen molar-refractivity contribution in [2.45, 2.75) is 6.18 Å². The van der Waals surface area contributed by atoms with Gasteiger partial charge >= 0.3 is 6.18 Å². The highest BCUT2D eigenvalue weighted by Gasteiger charge is 2.30. The molecule has 4 nitrogen and oxygen atoms in total. The molecule has 0 fully saturated rings. The van der Waals surface area contributed by atoms with Crippen molar-refractivity contribution in [1.29, 1.82) is 0 Å². The molecule has 0 saturated carbocycles. The van der Waals surface area contributed by atoms with Gasteiger partial charge in [-0.15, -0.1) is 0 Å². The SMILES string of the molecule is O=Cc1ccc(-c2ccc(C(=O)Nc3cccc(C(F)(F)F)c3)cc2)o1. The van der Waals surface area contributed by atoms with Crippen molar-refractivity contribution >= 4 is 17.9 Å². The van der Waals surface area contributed by atoms with E-state index in [1.54, 1.807) is 18.2 Å². The molecule has 0 aliphatic heterocycles. The van der Waals surface area contributed by atoms with Crippen molar-refractivity contribution < 1.29 is 27.2 Å². The zero-order chi connectivity index (χ0) is 18.7. The lowest BCUT2D eigenvalue weighted by Crippen LogP contribution is -2.13. The summed E-state index contributed by atoms with van der Waals surface area (Å²) in [6.07, 6.45) is -3.90. The van der Waals surface area contributed by atoms with E-state index in [9.17, 15) is 22.8 Å². The van der Waals surface area contributed by atoms with E-state index in [4.69, 9.17) is 4.42 Å². The first-order valence-corrected chi connectivity index (χ1v) is 7.51. The lowest BCUT2D eigenvalue weighted by atomic mass is 10.1. The fourth-order valence-corrected chi connectivity index (χ4v) is 2.33. The van der Waals surface area contributed by atoms with E-state index < -0.39 is 17.6 Å². The molecule has 0 spiro atoms. The number of amides is 1. The van der Waals surface area contributed by atoms with Crippen LogP contribution < -0.4 is 5.32 Å². The predicted octanol–water partition coefficient (Wildman–Crippen LogP) is 5.03. The molecule has 0 atom stereocenters. The Morgan fingerprint density at radius 1 is 1.00 bits per heavy atom. The standard InChI is InChI=1S/C19H12F3NO3/c20-19(21,22)14-2-1-3-15(10-14)23-18(25)13-6-4-12(5-7-13)17-9-8-16(11-24)26-17/h1-11H,(H,23,25). The van der Waals surface area contributed by atoms with Crippen molar-refractivity contribution in [3.8, 4) is 11.3 Å². The van der Waals surface area contributed by atoms with Crippen LogP contribution in [0.4, 0.5) is 18.9 Å². The molecule has 2 aromatic carbocycles. The Morgan fingerprint density at radius 3 is 2.35 bits per heavy atom. The number of carbonyl (C=O) groups is 2. The highest BCUT2D eigenvalue weighted by atomic mass is 19.4. The van der Waals surface area contributed by atoms with Gasteiger partial charge in [0.2, 0.25) is 0 Å². The van der Waals surface area contributed by atoms with Crippen LogP contribution >= 0.6 is 0 Å². The normalized spacial score (nSPS) is 11.2. The molecule has 3 aromatic rings. The number of alkyl halides is 3. The summed E-state index contributed by atoms with van der Waals surface area (Å²) >= 11 is 0. The molecule has 0 saturated heterocycles. The second-order valence-corrected chi connectivity index (χ2v) is 5.43. The monoisotopic (exact) mass is 359 g/mol. The summed E-state index contributed by atoms with van der Waals surface area (Å²) in [7, 11) is 0. The quantitative estimate of drug-likeness (QED) is 0.665. The Balaban J connectivity index is 1.75. The molecular formula is C19H12F3NO3.